The largest absolute Gasteiger partial charge is 0.493 e. The van der Waals surface area contributed by atoms with Crippen LogP contribution in [0.5, 0.6) is 11.5 Å². The average Bonchev–Trinajstić information content (AvgIpc) is 3.12. The van der Waals surface area contributed by atoms with E-state index in [1.807, 2.05) is 37.3 Å². The van der Waals surface area contributed by atoms with Crippen LogP contribution in [0.3, 0.4) is 0 Å². The zero-order valence-corrected chi connectivity index (χ0v) is 16.4. The highest BCUT2D eigenvalue weighted by Crippen LogP contribution is 2.40. The zero-order chi connectivity index (χ0) is 19.7. The van der Waals surface area contributed by atoms with Gasteiger partial charge in [0.2, 0.25) is 5.91 Å². The monoisotopic (exact) mass is 397 g/mol. The molecule has 0 spiro atoms. The van der Waals surface area contributed by atoms with Crippen LogP contribution in [-0.2, 0) is 4.79 Å². The smallest absolute Gasteiger partial charge is 0.226 e. The van der Waals surface area contributed by atoms with Gasteiger partial charge in [-0.25, -0.2) is 4.68 Å². The molecule has 0 aliphatic carbocycles. The van der Waals surface area contributed by atoms with Gasteiger partial charge in [-0.2, -0.15) is 5.10 Å². The summed E-state index contributed by atoms with van der Waals surface area (Å²) in [5.74, 6) is 1.84. The summed E-state index contributed by atoms with van der Waals surface area (Å²) in [5, 5.41) is 8.10. The summed E-state index contributed by atoms with van der Waals surface area (Å²) < 4.78 is 12.8. The highest BCUT2D eigenvalue weighted by atomic mass is 35.5. The summed E-state index contributed by atoms with van der Waals surface area (Å²) >= 11 is 5.99. The summed E-state index contributed by atoms with van der Waals surface area (Å²) in [6.45, 7) is 2.48. The number of hydrogen-bond acceptors (Lipinski definition) is 4. The van der Waals surface area contributed by atoms with Crippen LogP contribution in [-0.4, -0.2) is 29.4 Å². The van der Waals surface area contributed by atoms with Crippen molar-refractivity contribution in [2.75, 3.05) is 19.0 Å². The quantitative estimate of drug-likeness (QED) is 0.692. The van der Waals surface area contributed by atoms with Crippen molar-refractivity contribution < 1.29 is 14.3 Å². The van der Waals surface area contributed by atoms with Crippen LogP contribution in [0.1, 0.15) is 30.4 Å². The molecule has 0 fully saturated rings. The van der Waals surface area contributed by atoms with E-state index in [1.54, 1.807) is 30.1 Å². The standard InChI is InChI=1S/C21H20ClN3O3/c1-3-28-18-9-4-13(10-19(18)27-2)16-11-20(26)24-21-17(16)12-23-25(21)15-7-5-14(22)6-8-15/h4-10,12,16H,3,11H2,1-2H3,(H,24,26)/t16-/m0/s1. The number of carbonyl (C=O) groups excluding carboxylic acids is 1. The molecule has 1 aromatic heterocycles. The lowest BCUT2D eigenvalue weighted by atomic mass is 9.87. The molecule has 1 aliphatic heterocycles. The van der Waals surface area contributed by atoms with E-state index in [9.17, 15) is 4.79 Å². The van der Waals surface area contributed by atoms with Crippen molar-refractivity contribution in [1.29, 1.82) is 0 Å². The molecule has 0 bridgehead atoms. The molecule has 1 N–H and O–H groups in total. The molecular weight excluding hydrogens is 378 g/mol. The number of aromatic nitrogens is 2. The number of benzene rings is 2. The molecule has 2 heterocycles. The Hall–Kier alpha value is -2.99. The summed E-state index contributed by atoms with van der Waals surface area (Å²) in [6, 6.07) is 13.1. The van der Waals surface area contributed by atoms with Crippen molar-refractivity contribution in [1.82, 2.24) is 9.78 Å². The number of nitrogens with one attached hydrogen (secondary N) is 1. The van der Waals surface area contributed by atoms with Gasteiger partial charge in [-0.15, -0.1) is 0 Å². The predicted molar refractivity (Wildman–Crippen MR) is 108 cm³/mol. The first-order valence-corrected chi connectivity index (χ1v) is 9.43. The van der Waals surface area contributed by atoms with Crippen LogP contribution in [0.15, 0.2) is 48.7 Å². The maximum Gasteiger partial charge on any atom is 0.226 e. The molecule has 4 rings (SSSR count). The van der Waals surface area contributed by atoms with Gasteiger partial charge in [-0.1, -0.05) is 17.7 Å². The van der Waals surface area contributed by atoms with Crippen molar-refractivity contribution in [3.05, 3.63) is 64.8 Å². The lowest BCUT2D eigenvalue weighted by Crippen LogP contribution is -2.24. The second kappa shape index (κ2) is 7.56. The topological polar surface area (TPSA) is 65.4 Å². The second-order valence-electron chi connectivity index (χ2n) is 6.48. The van der Waals surface area contributed by atoms with Crippen LogP contribution in [0.4, 0.5) is 5.82 Å². The van der Waals surface area contributed by atoms with Gasteiger partial charge in [-0.3, -0.25) is 4.79 Å². The molecule has 7 heteroatoms. The van der Waals surface area contributed by atoms with Crippen molar-refractivity contribution in [3.8, 4) is 17.2 Å². The van der Waals surface area contributed by atoms with E-state index in [0.29, 0.717) is 35.4 Å². The molecular formula is C21H20ClN3O3. The first-order valence-electron chi connectivity index (χ1n) is 9.05. The summed E-state index contributed by atoms with van der Waals surface area (Å²) in [7, 11) is 1.61. The zero-order valence-electron chi connectivity index (χ0n) is 15.6. The number of rotatable bonds is 5. The van der Waals surface area contributed by atoms with E-state index in [4.69, 9.17) is 21.1 Å². The Morgan fingerprint density at radius 1 is 1.21 bits per heavy atom. The Kier molecular flexibility index (Phi) is 4.96. The van der Waals surface area contributed by atoms with Gasteiger partial charge in [-0.05, 0) is 48.9 Å². The first kappa shape index (κ1) is 18.4. The molecule has 0 radical (unpaired) electrons. The van der Waals surface area contributed by atoms with Crippen LogP contribution in [0, 0.1) is 0 Å². The third-order valence-electron chi connectivity index (χ3n) is 4.78. The van der Waals surface area contributed by atoms with Gasteiger partial charge >= 0.3 is 0 Å². The Balaban J connectivity index is 1.76. The van der Waals surface area contributed by atoms with Gasteiger partial charge in [0.15, 0.2) is 11.5 Å². The minimum absolute atomic E-state index is 0.0546. The lowest BCUT2D eigenvalue weighted by molar-refractivity contribution is -0.116. The Morgan fingerprint density at radius 3 is 2.71 bits per heavy atom. The molecule has 144 valence electrons. The van der Waals surface area contributed by atoms with Crippen molar-refractivity contribution in [3.63, 3.8) is 0 Å². The van der Waals surface area contributed by atoms with E-state index < -0.39 is 0 Å². The molecule has 6 nitrogen and oxygen atoms in total. The third kappa shape index (κ3) is 3.31. The number of anilines is 1. The van der Waals surface area contributed by atoms with Gasteiger partial charge in [0.05, 0.1) is 25.6 Å². The van der Waals surface area contributed by atoms with Crippen LogP contribution in [0.2, 0.25) is 5.02 Å². The van der Waals surface area contributed by atoms with Crippen LogP contribution in [0.25, 0.3) is 5.69 Å². The SMILES string of the molecule is CCOc1ccc([C@@H]2CC(=O)Nc3c2cnn3-c2ccc(Cl)cc2)cc1OC. The molecule has 1 atom stereocenters. The fourth-order valence-corrected chi connectivity index (χ4v) is 3.60. The summed E-state index contributed by atoms with van der Waals surface area (Å²) in [5.41, 5.74) is 2.77. The van der Waals surface area contributed by atoms with Crippen molar-refractivity contribution in [2.45, 2.75) is 19.3 Å². The molecule has 28 heavy (non-hydrogen) atoms. The number of carbonyl (C=O) groups is 1. The van der Waals surface area contributed by atoms with E-state index in [0.717, 1.165) is 16.8 Å². The number of halogens is 1. The van der Waals surface area contributed by atoms with Crippen LogP contribution < -0.4 is 14.8 Å². The maximum absolute atomic E-state index is 12.4. The molecule has 0 saturated carbocycles. The summed E-state index contributed by atoms with van der Waals surface area (Å²) in [6.07, 6.45) is 2.15. The van der Waals surface area contributed by atoms with Crippen molar-refractivity contribution in [2.24, 2.45) is 0 Å². The number of hydrogen-bond donors (Lipinski definition) is 1. The number of fused-ring (bicyclic) bond motifs is 1. The molecule has 3 aromatic rings. The second-order valence-corrected chi connectivity index (χ2v) is 6.92. The lowest BCUT2D eigenvalue weighted by Gasteiger charge is -2.24. The third-order valence-corrected chi connectivity index (χ3v) is 5.03. The number of ether oxygens (including phenoxy) is 2. The minimum Gasteiger partial charge on any atom is -0.493 e. The highest BCUT2D eigenvalue weighted by molar-refractivity contribution is 6.30. The van der Waals surface area contributed by atoms with Gasteiger partial charge in [0.25, 0.3) is 0 Å². The molecule has 0 saturated heterocycles. The fourth-order valence-electron chi connectivity index (χ4n) is 3.47. The molecule has 2 aromatic carbocycles. The van der Waals surface area contributed by atoms with Gasteiger partial charge < -0.3 is 14.8 Å². The minimum atomic E-state index is -0.116. The van der Waals surface area contributed by atoms with E-state index in [2.05, 4.69) is 10.4 Å². The number of nitrogens with zero attached hydrogens (tertiary/aromatic N) is 2. The van der Waals surface area contributed by atoms with E-state index >= 15 is 0 Å². The first-order chi connectivity index (χ1) is 13.6. The molecule has 0 unspecified atom stereocenters. The van der Waals surface area contributed by atoms with Gasteiger partial charge in [0.1, 0.15) is 5.82 Å². The van der Waals surface area contributed by atoms with Gasteiger partial charge in [0, 0.05) is 22.9 Å². The Morgan fingerprint density at radius 2 is 2.00 bits per heavy atom. The van der Waals surface area contributed by atoms with Crippen LogP contribution >= 0.6 is 11.6 Å². The molecule has 1 amide bonds. The number of amides is 1. The fraction of sp³-hybridized carbons (Fsp3) is 0.238. The highest BCUT2D eigenvalue weighted by Gasteiger charge is 2.31. The Bertz CT molecular complexity index is 1010. The van der Waals surface area contributed by atoms with E-state index in [-0.39, 0.29) is 11.8 Å². The number of methoxy groups -OCH3 is 1. The molecule has 1 aliphatic rings. The predicted octanol–water partition coefficient (Wildman–Crippen LogP) is 4.41. The maximum atomic E-state index is 12.4. The van der Waals surface area contributed by atoms with E-state index in [1.165, 1.54) is 0 Å². The average molecular weight is 398 g/mol. The van der Waals surface area contributed by atoms with Crippen molar-refractivity contribution >= 4 is 23.3 Å². The summed E-state index contributed by atoms with van der Waals surface area (Å²) in [4.78, 5) is 12.4. The normalized spacial score (nSPS) is 15.7. The Labute approximate surface area is 168 Å².